The van der Waals surface area contributed by atoms with E-state index in [0.29, 0.717) is 5.39 Å². The van der Waals surface area contributed by atoms with E-state index < -0.39 is 0 Å². The van der Waals surface area contributed by atoms with Crippen molar-refractivity contribution in [2.24, 2.45) is 0 Å². The van der Waals surface area contributed by atoms with Crippen molar-refractivity contribution in [2.45, 2.75) is 5.33 Å². The summed E-state index contributed by atoms with van der Waals surface area (Å²) in [5.41, 5.74) is 1.09. The molecule has 12 heavy (non-hydrogen) atoms. The van der Waals surface area contributed by atoms with Crippen LogP contribution >= 0.6 is 27.5 Å². The highest BCUT2D eigenvalue weighted by atomic mass is 79.9. The van der Waals surface area contributed by atoms with E-state index in [1.165, 1.54) is 17.6 Å². The Kier molecular flexibility index (Phi) is 2.11. The smallest absolute Gasteiger partial charge is 0.133 e. The van der Waals surface area contributed by atoms with Crippen LogP contribution in [-0.2, 0) is 5.33 Å². The minimum absolute atomic E-state index is 0.191. The number of alkyl halides is 1. The minimum atomic E-state index is -0.191. The van der Waals surface area contributed by atoms with E-state index in [-0.39, 0.29) is 5.82 Å². The molecule has 0 radical (unpaired) electrons. The Balaban J connectivity index is 2.82. The van der Waals surface area contributed by atoms with Crippen LogP contribution < -0.4 is 0 Å². The molecule has 4 heteroatoms. The molecule has 0 unspecified atom stereocenters. The second-order valence-corrected chi connectivity index (χ2v) is 3.77. The average Bonchev–Trinajstić information content (AvgIpc) is 2.54. The van der Waals surface area contributed by atoms with Gasteiger partial charge in [0.05, 0.1) is 10.9 Å². The molecule has 62 valence electrons. The van der Waals surface area contributed by atoms with Gasteiger partial charge in [0, 0.05) is 10.7 Å². The summed E-state index contributed by atoms with van der Waals surface area (Å²) < 4.78 is 18.0. The second-order valence-electron chi connectivity index (χ2n) is 2.41. The molecular formula is C8H5BrFNS. The molecule has 0 atom stereocenters. The van der Waals surface area contributed by atoms with Crippen molar-refractivity contribution in [2.75, 3.05) is 0 Å². The maximum atomic E-state index is 13.1. The van der Waals surface area contributed by atoms with Crippen molar-refractivity contribution in [1.29, 1.82) is 0 Å². The Morgan fingerprint density at radius 2 is 2.33 bits per heavy atom. The van der Waals surface area contributed by atoms with Gasteiger partial charge in [-0.25, -0.2) is 4.39 Å². The third-order valence-electron chi connectivity index (χ3n) is 1.69. The zero-order chi connectivity index (χ0) is 8.55. The summed E-state index contributed by atoms with van der Waals surface area (Å²) in [6, 6.07) is 3.26. The Morgan fingerprint density at radius 1 is 1.50 bits per heavy atom. The van der Waals surface area contributed by atoms with Crippen LogP contribution in [0.2, 0.25) is 0 Å². The average molecular weight is 246 g/mol. The first-order chi connectivity index (χ1) is 5.83. The number of fused-ring (bicyclic) bond motifs is 1. The topological polar surface area (TPSA) is 12.9 Å². The normalized spacial score (nSPS) is 10.8. The monoisotopic (exact) mass is 245 g/mol. The van der Waals surface area contributed by atoms with Gasteiger partial charge in [-0.15, -0.1) is 0 Å². The van der Waals surface area contributed by atoms with Crippen molar-refractivity contribution in [1.82, 2.24) is 4.37 Å². The number of benzene rings is 1. The van der Waals surface area contributed by atoms with Crippen LogP contribution in [-0.4, -0.2) is 4.37 Å². The molecule has 0 aliphatic rings. The lowest BCUT2D eigenvalue weighted by molar-refractivity contribution is 0.639. The molecule has 0 aliphatic carbocycles. The second kappa shape index (κ2) is 3.11. The van der Waals surface area contributed by atoms with Crippen molar-refractivity contribution >= 4 is 37.5 Å². The highest BCUT2D eigenvalue weighted by Gasteiger charge is 2.06. The van der Waals surface area contributed by atoms with E-state index in [4.69, 9.17) is 0 Å². The SMILES string of the molecule is Fc1ccc(CBr)c2sncc12. The lowest BCUT2D eigenvalue weighted by atomic mass is 10.2. The van der Waals surface area contributed by atoms with E-state index >= 15 is 0 Å². The largest absolute Gasteiger partial charge is 0.206 e. The molecule has 1 aromatic heterocycles. The first-order valence-electron chi connectivity index (χ1n) is 3.40. The molecule has 2 aromatic rings. The lowest BCUT2D eigenvalue weighted by Gasteiger charge is -1.96. The number of nitrogens with zero attached hydrogens (tertiary/aromatic N) is 1. The first-order valence-corrected chi connectivity index (χ1v) is 5.30. The van der Waals surface area contributed by atoms with Gasteiger partial charge < -0.3 is 0 Å². The van der Waals surface area contributed by atoms with Gasteiger partial charge in [0.2, 0.25) is 0 Å². The number of hydrogen-bond acceptors (Lipinski definition) is 2. The predicted molar refractivity (Wildman–Crippen MR) is 52.2 cm³/mol. The molecule has 0 aliphatic heterocycles. The van der Waals surface area contributed by atoms with Gasteiger partial charge in [0.15, 0.2) is 0 Å². The molecule has 0 fully saturated rings. The molecule has 1 nitrogen and oxygen atoms in total. The van der Waals surface area contributed by atoms with Gasteiger partial charge in [0.1, 0.15) is 5.82 Å². The molecule has 0 N–H and O–H groups in total. The maximum Gasteiger partial charge on any atom is 0.133 e. The Bertz CT molecular complexity index is 412. The molecule has 0 amide bonds. The summed E-state index contributed by atoms with van der Waals surface area (Å²) in [6.45, 7) is 0. The Labute approximate surface area is 81.5 Å². The fourth-order valence-electron chi connectivity index (χ4n) is 1.09. The summed E-state index contributed by atoms with van der Waals surface area (Å²) in [7, 11) is 0. The summed E-state index contributed by atoms with van der Waals surface area (Å²) in [6.07, 6.45) is 1.57. The van der Waals surface area contributed by atoms with Crippen LogP contribution in [0.25, 0.3) is 10.1 Å². The fraction of sp³-hybridized carbons (Fsp3) is 0.125. The number of halogens is 2. The quantitative estimate of drug-likeness (QED) is 0.703. The highest BCUT2D eigenvalue weighted by Crippen LogP contribution is 2.26. The fourth-order valence-corrected chi connectivity index (χ4v) is 2.51. The van der Waals surface area contributed by atoms with Gasteiger partial charge in [-0.2, -0.15) is 4.37 Å². The molecule has 0 saturated heterocycles. The summed E-state index contributed by atoms with van der Waals surface area (Å²) in [4.78, 5) is 0. The van der Waals surface area contributed by atoms with Crippen LogP contribution in [0, 0.1) is 5.82 Å². The Morgan fingerprint density at radius 3 is 3.08 bits per heavy atom. The third kappa shape index (κ3) is 1.15. The van der Waals surface area contributed by atoms with E-state index in [1.807, 2.05) is 0 Å². The van der Waals surface area contributed by atoms with E-state index in [0.717, 1.165) is 15.6 Å². The van der Waals surface area contributed by atoms with Gasteiger partial charge in [-0.05, 0) is 23.2 Å². The molecule has 1 heterocycles. The third-order valence-corrected chi connectivity index (χ3v) is 3.17. The summed E-state index contributed by atoms with van der Waals surface area (Å²) in [5, 5.41) is 1.36. The van der Waals surface area contributed by atoms with Crippen LogP contribution in [0.4, 0.5) is 4.39 Å². The van der Waals surface area contributed by atoms with Crippen LogP contribution in [0.3, 0.4) is 0 Å². The van der Waals surface area contributed by atoms with Crippen molar-refractivity contribution in [3.63, 3.8) is 0 Å². The first kappa shape index (κ1) is 8.13. The summed E-state index contributed by atoms with van der Waals surface area (Å²) >= 11 is 4.68. The van der Waals surface area contributed by atoms with Gasteiger partial charge in [-0.3, -0.25) is 0 Å². The predicted octanol–water partition coefficient (Wildman–Crippen LogP) is 3.33. The minimum Gasteiger partial charge on any atom is -0.206 e. The molecule has 1 aromatic carbocycles. The molecular weight excluding hydrogens is 241 g/mol. The lowest BCUT2D eigenvalue weighted by Crippen LogP contribution is -1.80. The molecule has 2 rings (SSSR count). The van der Waals surface area contributed by atoms with Gasteiger partial charge in [0.25, 0.3) is 0 Å². The maximum absolute atomic E-state index is 13.1. The van der Waals surface area contributed by atoms with E-state index in [1.54, 1.807) is 12.3 Å². The van der Waals surface area contributed by atoms with E-state index in [2.05, 4.69) is 20.3 Å². The zero-order valence-corrected chi connectivity index (χ0v) is 8.45. The Hall–Kier alpha value is -0.480. The highest BCUT2D eigenvalue weighted by molar-refractivity contribution is 9.08. The van der Waals surface area contributed by atoms with Gasteiger partial charge in [-0.1, -0.05) is 22.0 Å². The number of hydrogen-bond donors (Lipinski definition) is 0. The van der Waals surface area contributed by atoms with Crippen molar-refractivity contribution in [3.8, 4) is 0 Å². The van der Waals surface area contributed by atoms with Crippen LogP contribution in [0.5, 0.6) is 0 Å². The van der Waals surface area contributed by atoms with Crippen LogP contribution in [0.15, 0.2) is 18.3 Å². The molecule has 0 spiro atoms. The number of rotatable bonds is 1. The van der Waals surface area contributed by atoms with E-state index in [9.17, 15) is 4.39 Å². The van der Waals surface area contributed by atoms with Crippen molar-refractivity contribution in [3.05, 3.63) is 29.7 Å². The molecule has 0 saturated carbocycles. The van der Waals surface area contributed by atoms with Gasteiger partial charge >= 0.3 is 0 Å². The van der Waals surface area contributed by atoms with Crippen molar-refractivity contribution < 1.29 is 4.39 Å². The summed E-state index contributed by atoms with van der Waals surface area (Å²) in [5.74, 6) is -0.191. The number of aromatic nitrogens is 1. The zero-order valence-electron chi connectivity index (χ0n) is 6.05. The molecule has 0 bridgehead atoms. The van der Waals surface area contributed by atoms with Crippen LogP contribution in [0.1, 0.15) is 5.56 Å². The standard InChI is InChI=1S/C8H5BrFNS/c9-3-5-1-2-7(10)6-4-11-12-8(5)6/h1-2,4H,3H2.